The summed E-state index contributed by atoms with van der Waals surface area (Å²) in [5.41, 5.74) is -0.00223. The van der Waals surface area contributed by atoms with Gasteiger partial charge in [0.1, 0.15) is 5.76 Å². The number of rotatable bonds is 1. The maximum atomic E-state index is 13.3. The molecular formula is C21H26O5. The number of fused-ring (bicyclic) bond motifs is 2. The molecule has 5 nitrogen and oxygen atoms in total. The number of carbonyl (C=O) groups excluding carboxylic acids is 2. The Labute approximate surface area is 153 Å². The van der Waals surface area contributed by atoms with Crippen LogP contribution >= 0.6 is 0 Å². The fourth-order valence-electron chi connectivity index (χ4n) is 7.16. The van der Waals surface area contributed by atoms with E-state index in [4.69, 9.17) is 13.9 Å². The first kappa shape index (κ1) is 16.4. The topological polar surface area (TPSA) is 65.7 Å². The first-order valence-electron chi connectivity index (χ1n) is 9.82. The van der Waals surface area contributed by atoms with Gasteiger partial charge in [0.15, 0.2) is 6.10 Å². The Bertz CT molecular complexity index is 781. The maximum absolute atomic E-state index is 13.3. The molecule has 1 saturated heterocycles. The number of hydrogen-bond donors (Lipinski definition) is 0. The lowest BCUT2D eigenvalue weighted by atomic mass is 9.43. The lowest BCUT2D eigenvalue weighted by Gasteiger charge is -2.57. The van der Waals surface area contributed by atoms with Crippen molar-refractivity contribution in [3.8, 4) is 0 Å². The van der Waals surface area contributed by atoms with Gasteiger partial charge in [0, 0.05) is 11.5 Å². The van der Waals surface area contributed by atoms with Crippen molar-refractivity contribution in [1.82, 2.24) is 0 Å². The van der Waals surface area contributed by atoms with Crippen molar-refractivity contribution in [3.63, 3.8) is 0 Å². The number of hydrogen-bond acceptors (Lipinski definition) is 5. The summed E-state index contributed by atoms with van der Waals surface area (Å²) in [5, 5.41) is 0. The average molecular weight is 358 g/mol. The minimum Gasteiger partial charge on any atom is -0.469 e. The van der Waals surface area contributed by atoms with Gasteiger partial charge in [-0.15, -0.1) is 0 Å². The van der Waals surface area contributed by atoms with Gasteiger partial charge in [-0.25, -0.2) is 0 Å². The Hall–Kier alpha value is -1.78. The second-order valence-corrected chi connectivity index (χ2v) is 8.98. The van der Waals surface area contributed by atoms with E-state index in [0.717, 1.165) is 37.9 Å². The predicted molar refractivity (Wildman–Crippen MR) is 92.1 cm³/mol. The average Bonchev–Trinajstić information content (AvgIpc) is 3.23. The van der Waals surface area contributed by atoms with Crippen molar-refractivity contribution in [3.05, 3.63) is 23.7 Å². The second kappa shape index (κ2) is 5.14. The molecule has 3 fully saturated rings. The quantitative estimate of drug-likeness (QED) is 0.710. The number of methoxy groups -OCH3 is 1. The highest BCUT2D eigenvalue weighted by Crippen LogP contribution is 2.71. The predicted octanol–water partition coefficient (Wildman–Crippen LogP) is 3.99. The molecule has 5 heteroatoms. The van der Waals surface area contributed by atoms with Crippen LogP contribution in [0.3, 0.4) is 0 Å². The summed E-state index contributed by atoms with van der Waals surface area (Å²) in [6, 6.07) is 2.03. The molecular weight excluding hydrogens is 332 g/mol. The first-order valence-corrected chi connectivity index (χ1v) is 9.82. The van der Waals surface area contributed by atoms with Crippen molar-refractivity contribution in [2.75, 3.05) is 7.11 Å². The molecule has 140 valence electrons. The van der Waals surface area contributed by atoms with Gasteiger partial charge in [-0.05, 0) is 56.4 Å². The zero-order valence-electron chi connectivity index (χ0n) is 15.6. The third kappa shape index (κ3) is 1.68. The number of furan rings is 1. The van der Waals surface area contributed by atoms with E-state index in [0.29, 0.717) is 11.8 Å². The molecule has 3 aliphatic carbocycles. The lowest BCUT2D eigenvalue weighted by Crippen LogP contribution is -2.58. The summed E-state index contributed by atoms with van der Waals surface area (Å²) in [6.07, 6.45) is 5.76. The Balaban J connectivity index is 1.67. The largest absolute Gasteiger partial charge is 0.469 e. The van der Waals surface area contributed by atoms with Crippen molar-refractivity contribution >= 4 is 11.9 Å². The number of esters is 2. The molecule has 4 aliphatic rings. The van der Waals surface area contributed by atoms with Gasteiger partial charge in [-0.1, -0.05) is 13.3 Å². The monoisotopic (exact) mass is 358 g/mol. The van der Waals surface area contributed by atoms with Crippen LogP contribution in [0.25, 0.3) is 0 Å². The SMILES string of the molecule is COC(=O)C1(C)CCCC23C(=O)OC4c5occc5C(C)C(CCC12)C43. The van der Waals surface area contributed by atoms with E-state index in [1.807, 2.05) is 13.0 Å². The van der Waals surface area contributed by atoms with E-state index in [1.165, 1.54) is 12.7 Å². The highest BCUT2D eigenvalue weighted by atomic mass is 16.6. The highest BCUT2D eigenvalue weighted by Gasteiger charge is 2.72. The van der Waals surface area contributed by atoms with Gasteiger partial charge in [0.25, 0.3) is 0 Å². The number of carbonyl (C=O) groups is 2. The lowest BCUT2D eigenvalue weighted by molar-refractivity contribution is -0.178. The van der Waals surface area contributed by atoms with Crippen LogP contribution < -0.4 is 0 Å². The summed E-state index contributed by atoms with van der Waals surface area (Å²) in [5.74, 6) is 1.36. The zero-order chi connectivity index (χ0) is 18.3. The molecule has 7 unspecified atom stereocenters. The van der Waals surface area contributed by atoms with Crippen LogP contribution in [-0.2, 0) is 19.1 Å². The molecule has 0 radical (unpaired) electrons. The molecule has 5 rings (SSSR count). The number of ether oxygens (including phenoxy) is 2. The first-order chi connectivity index (χ1) is 12.4. The van der Waals surface area contributed by atoms with Crippen molar-refractivity contribution < 1.29 is 23.5 Å². The maximum Gasteiger partial charge on any atom is 0.313 e. The smallest absolute Gasteiger partial charge is 0.313 e. The Kier molecular flexibility index (Phi) is 3.24. The molecule has 0 amide bonds. The Morgan fingerprint density at radius 1 is 1.31 bits per heavy atom. The third-order valence-corrected chi connectivity index (χ3v) is 8.23. The summed E-state index contributed by atoms with van der Waals surface area (Å²) >= 11 is 0. The molecule has 0 N–H and O–H groups in total. The van der Waals surface area contributed by atoms with Gasteiger partial charge < -0.3 is 13.9 Å². The van der Waals surface area contributed by atoms with E-state index >= 15 is 0 Å². The van der Waals surface area contributed by atoms with Gasteiger partial charge in [-0.3, -0.25) is 9.59 Å². The zero-order valence-corrected chi connectivity index (χ0v) is 15.6. The van der Waals surface area contributed by atoms with Crippen LogP contribution in [0.4, 0.5) is 0 Å². The second-order valence-electron chi connectivity index (χ2n) is 8.98. The van der Waals surface area contributed by atoms with Crippen molar-refractivity contribution in [2.24, 2.45) is 28.6 Å². The van der Waals surface area contributed by atoms with Crippen LogP contribution in [-0.4, -0.2) is 19.0 Å². The van der Waals surface area contributed by atoms with E-state index in [2.05, 4.69) is 6.92 Å². The molecule has 7 atom stereocenters. The molecule has 0 bridgehead atoms. The molecule has 26 heavy (non-hydrogen) atoms. The van der Waals surface area contributed by atoms with Gasteiger partial charge in [-0.2, -0.15) is 0 Å². The Morgan fingerprint density at radius 3 is 2.88 bits per heavy atom. The van der Waals surface area contributed by atoms with Gasteiger partial charge in [0.2, 0.25) is 0 Å². The van der Waals surface area contributed by atoms with Crippen molar-refractivity contribution in [2.45, 2.75) is 58.0 Å². The molecule has 1 spiro atoms. The van der Waals surface area contributed by atoms with Gasteiger partial charge in [0.05, 0.1) is 24.2 Å². The Morgan fingerprint density at radius 2 is 2.12 bits per heavy atom. The molecule has 2 heterocycles. The molecule has 1 aliphatic heterocycles. The molecule has 0 aromatic carbocycles. The summed E-state index contributed by atoms with van der Waals surface area (Å²) < 4.78 is 16.9. The minimum absolute atomic E-state index is 0.0151. The fourth-order valence-corrected chi connectivity index (χ4v) is 7.16. The van der Waals surface area contributed by atoms with Crippen LogP contribution in [0.15, 0.2) is 16.7 Å². The van der Waals surface area contributed by atoms with Gasteiger partial charge >= 0.3 is 11.9 Å². The summed E-state index contributed by atoms with van der Waals surface area (Å²) in [7, 11) is 1.45. The normalized spacial score (nSPS) is 46.0. The molecule has 1 aromatic heterocycles. The molecule has 2 saturated carbocycles. The fraction of sp³-hybridized carbons (Fsp3) is 0.714. The van der Waals surface area contributed by atoms with Crippen LogP contribution in [0.1, 0.15) is 69.3 Å². The van der Waals surface area contributed by atoms with E-state index in [1.54, 1.807) is 6.26 Å². The minimum atomic E-state index is -0.613. The van der Waals surface area contributed by atoms with E-state index in [-0.39, 0.29) is 29.9 Å². The molecule has 1 aromatic rings. The summed E-state index contributed by atoms with van der Waals surface area (Å²) in [4.78, 5) is 26.0. The standard InChI is InChI=1S/C21H26O5/c1-11-12-5-6-14-20(2,18(22)24-3)8-4-9-21(14)15(12)17(26-19(21)23)16-13(11)7-10-25-16/h7,10-12,14-15,17H,4-6,8-9H2,1-3H3. The van der Waals surface area contributed by atoms with Crippen LogP contribution in [0.5, 0.6) is 0 Å². The van der Waals surface area contributed by atoms with Crippen LogP contribution in [0.2, 0.25) is 0 Å². The van der Waals surface area contributed by atoms with E-state index < -0.39 is 10.8 Å². The van der Waals surface area contributed by atoms with Crippen molar-refractivity contribution in [1.29, 1.82) is 0 Å². The summed E-state index contributed by atoms with van der Waals surface area (Å²) in [6.45, 7) is 4.24. The third-order valence-electron chi connectivity index (χ3n) is 8.23. The van der Waals surface area contributed by atoms with E-state index in [9.17, 15) is 9.59 Å². The van der Waals surface area contributed by atoms with Crippen LogP contribution in [0, 0.1) is 28.6 Å². The highest BCUT2D eigenvalue weighted by molar-refractivity contribution is 5.84.